The van der Waals surface area contributed by atoms with Gasteiger partial charge in [0.05, 0.1) is 5.56 Å². The highest BCUT2D eigenvalue weighted by atomic mass is 19.4. The Hall–Kier alpha value is -1.39. The molecule has 2 nitrogen and oxygen atoms in total. The van der Waals surface area contributed by atoms with Gasteiger partial charge in [-0.2, -0.15) is 13.2 Å². The SMILES string of the molecule is CC.CC.CC(=O)c1ncccc1C(F)(F)F. The number of rotatable bonds is 1. The van der Waals surface area contributed by atoms with Gasteiger partial charge in [0.15, 0.2) is 5.78 Å². The van der Waals surface area contributed by atoms with Gasteiger partial charge in [-0.05, 0) is 12.1 Å². The average Bonchev–Trinajstić information content (AvgIpc) is 2.33. The standard InChI is InChI=1S/C8H6F3NO.2C2H6/c1-5(13)7-6(8(9,10)11)3-2-4-12-7;2*1-2/h2-4H,1H3;2*1-2H3. The molecule has 0 N–H and O–H groups in total. The van der Waals surface area contributed by atoms with E-state index < -0.39 is 23.2 Å². The number of carbonyl (C=O) groups excluding carboxylic acids is 1. The molecule has 17 heavy (non-hydrogen) atoms. The zero-order chi connectivity index (χ0) is 14.1. The van der Waals surface area contributed by atoms with Crippen LogP contribution >= 0.6 is 0 Å². The van der Waals surface area contributed by atoms with Crippen molar-refractivity contribution in [3.8, 4) is 0 Å². The van der Waals surface area contributed by atoms with Gasteiger partial charge in [-0.25, -0.2) is 0 Å². The Labute approximate surface area is 99.9 Å². The second-order valence-corrected chi connectivity index (χ2v) is 2.45. The Morgan fingerprint density at radius 1 is 1.18 bits per heavy atom. The smallest absolute Gasteiger partial charge is 0.293 e. The van der Waals surface area contributed by atoms with E-state index in [9.17, 15) is 18.0 Å². The minimum absolute atomic E-state index is 0.532. The van der Waals surface area contributed by atoms with E-state index in [1.54, 1.807) is 0 Å². The second-order valence-electron chi connectivity index (χ2n) is 2.45. The summed E-state index contributed by atoms with van der Waals surface area (Å²) >= 11 is 0. The number of alkyl halides is 3. The lowest BCUT2D eigenvalue weighted by atomic mass is 10.1. The molecular formula is C12H18F3NO. The number of ketones is 1. The fourth-order valence-electron chi connectivity index (χ4n) is 0.915. The first-order valence-corrected chi connectivity index (χ1v) is 5.46. The maximum absolute atomic E-state index is 12.2. The van der Waals surface area contributed by atoms with E-state index in [1.165, 1.54) is 0 Å². The van der Waals surface area contributed by atoms with Gasteiger partial charge >= 0.3 is 6.18 Å². The number of halogens is 3. The fourth-order valence-corrected chi connectivity index (χ4v) is 0.915. The van der Waals surface area contributed by atoms with Crippen molar-refractivity contribution in [3.63, 3.8) is 0 Å². The summed E-state index contributed by atoms with van der Waals surface area (Å²) in [5.41, 5.74) is -1.52. The molecule has 0 atom stereocenters. The van der Waals surface area contributed by atoms with Gasteiger partial charge in [-0.1, -0.05) is 27.7 Å². The van der Waals surface area contributed by atoms with Crippen molar-refractivity contribution in [2.45, 2.75) is 40.8 Å². The first kappa shape index (κ1) is 18.0. The molecule has 1 aromatic heterocycles. The minimum Gasteiger partial charge on any atom is -0.293 e. The molecule has 1 rings (SSSR count). The molecule has 0 radical (unpaired) electrons. The highest BCUT2D eigenvalue weighted by Crippen LogP contribution is 2.30. The van der Waals surface area contributed by atoms with Crippen molar-refractivity contribution in [2.75, 3.05) is 0 Å². The van der Waals surface area contributed by atoms with Crippen molar-refractivity contribution in [2.24, 2.45) is 0 Å². The van der Waals surface area contributed by atoms with Crippen LogP contribution in [-0.4, -0.2) is 10.8 Å². The molecule has 0 bridgehead atoms. The summed E-state index contributed by atoms with van der Waals surface area (Å²) in [4.78, 5) is 14.1. The maximum Gasteiger partial charge on any atom is 0.418 e. The van der Waals surface area contributed by atoms with E-state index in [0.29, 0.717) is 0 Å². The number of aromatic nitrogens is 1. The van der Waals surface area contributed by atoms with Gasteiger partial charge in [0.25, 0.3) is 0 Å². The molecule has 0 amide bonds. The van der Waals surface area contributed by atoms with Crippen molar-refractivity contribution in [3.05, 3.63) is 29.6 Å². The zero-order valence-corrected chi connectivity index (χ0v) is 10.7. The Bertz CT molecular complexity index is 335. The Morgan fingerprint density at radius 3 is 1.94 bits per heavy atom. The molecule has 0 unspecified atom stereocenters. The quantitative estimate of drug-likeness (QED) is 0.692. The summed E-state index contributed by atoms with van der Waals surface area (Å²) in [6.45, 7) is 9.05. The van der Waals surface area contributed by atoms with E-state index in [0.717, 1.165) is 25.3 Å². The minimum atomic E-state index is -4.52. The van der Waals surface area contributed by atoms with Crippen LogP contribution in [0.15, 0.2) is 18.3 Å². The van der Waals surface area contributed by atoms with Crippen LogP contribution in [0.5, 0.6) is 0 Å². The molecule has 0 aromatic carbocycles. The van der Waals surface area contributed by atoms with Crippen molar-refractivity contribution >= 4 is 5.78 Å². The summed E-state index contributed by atoms with van der Waals surface area (Å²) in [6.07, 6.45) is -3.36. The normalized spacial score (nSPS) is 9.41. The molecule has 0 saturated carbocycles. The summed E-state index contributed by atoms with van der Waals surface area (Å²) < 4.78 is 36.6. The van der Waals surface area contributed by atoms with E-state index in [-0.39, 0.29) is 0 Å². The van der Waals surface area contributed by atoms with E-state index >= 15 is 0 Å². The maximum atomic E-state index is 12.2. The Balaban J connectivity index is 0. The van der Waals surface area contributed by atoms with Crippen LogP contribution in [0.2, 0.25) is 0 Å². The van der Waals surface area contributed by atoms with Gasteiger partial charge in [0, 0.05) is 13.1 Å². The summed E-state index contributed by atoms with van der Waals surface area (Å²) in [5.74, 6) is -0.687. The highest BCUT2D eigenvalue weighted by Gasteiger charge is 2.34. The van der Waals surface area contributed by atoms with Crippen molar-refractivity contribution in [1.82, 2.24) is 4.98 Å². The third-order valence-electron chi connectivity index (χ3n) is 1.45. The van der Waals surface area contributed by atoms with Crippen LogP contribution < -0.4 is 0 Å². The predicted molar refractivity (Wildman–Crippen MR) is 61.9 cm³/mol. The van der Waals surface area contributed by atoms with E-state index in [2.05, 4.69) is 4.98 Å². The van der Waals surface area contributed by atoms with Gasteiger partial charge in [-0.3, -0.25) is 9.78 Å². The van der Waals surface area contributed by atoms with Crippen LogP contribution in [-0.2, 0) is 6.18 Å². The molecular weight excluding hydrogens is 231 g/mol. The number of hydrogen-bond donors (Lipinski definition) is 0. The van der Waals surface area contributed by atoms with E-state index in [1.807, 2.05) is 27.7 Å². The molecule has 1 heterocycles. The fraction of sp³-hybridized carbons (Fsp3) is 0.500. The molecule has 98 valence electrons. The van der Waals surface area contributed by atoms with Gasteiger partial charge in [0.2, 0.25) is 0 Å². The number of pyridine rings is 1. The first-order chi connectivity index (χ1) is 7.93. The molecule has 0 aliphatic carbocycles. The van der Waals surface area contributed by atoms with Gasteiger partial charge in [0.1, 0.15) is 5.69 Å². The van der Waals surface area contributed by atoms with Crippen LogP contribution in [0.25, 0.3) is 0 Å². The lowest BCUT2D eigenvalue weighted by Crippen LogP contribution is -2.12. The summed E-state index contributed by atoms with van der Waals surface area (Å²) in [5, 5.41) is 0. The lowest BCUT2D eigenvalue weighted by molar-refractivity contribution is -0.138. The van der Waals surface area contributed by atoms with E-state index in [4.69, 9.17) is 0 Å². The summed E-state index contributed by atoms with van der Waals surface area (Å²) in [6, 6.07) is 1.99. The molecule has 0 saturated heterocycles. The van der Waals surface area contributed by atoms with Gasteiger partial charge < -0.3 is 0 Å². The number of hydrogen-bond acceptors (Lipinski definition) is 2. The topological polar surface area (TPSA) is 30.0 Å². The van der Waals surface area contributed by atoms with Gasteiger partial charge in [-0.15, -0.1) is 0 Å². The number of Topliss-reactive ketones (excluding diaryl/α,β-unsaturated/α-hetero) is 1. The summed E-state index contributed by atoms with van der Waals surface area (Å²) in [7, 11) is 0. The number of nitrogens with zero attached hydrogens (tertiary/aromatic N) is 1. The molecule has 5 heteroatoms. The van der Waals surface area contributed by atoms with Crippen LogP contribution in [0.3, 0.4) is 0 Å². The molecule has 0 fully saturated rings. The predicted octanol–water partition coefficient (Wildman–Crippen LogP) is 4.36. The highest BCUT2D eigenvalue weighted by molar-refractivity contribution is 5.93. The Kier molecular flexibility index (Phi) is 9.23. The first-order valence-electron chi connectivity index (χ1n) is 5.46. The molecule has 0 spiro atoms. The monoisotopic (exact) mass is 249 g/mol. The molecule has 0 aliphatic heterocycles. The lowest BCUT2D eigenvalue weighted by Gasteiger charge is -2.08. The molecule has 1 aromatic rings. The third kappa shape index (κ3) is 6.04. The van der Waals surface area contributed by atoms with Crippen LogP contribution in [0.4, 0.5) is 13.2 Å². The average molecular weight is 249 g/mol. The molecule has 0 aliphatic rings. The van der Waals surface area contributed by atoms with Crippen molar-refractivity contribution < 1.29 is 18.0 Å². The van der Waals surface area contributed by atoms with Crippen molar-refractivity contribution in [1.29, 1.82) is 0 Å². The largest absolute Gasteiger partial charge is 0.418 e. The van der Waals surface area contributed by atoms with Crippen LogP contribution in [0.1, 0.15) is 50.7 Å². The zero-order valence-electron chi connectivity index (χ0n) is 10.7. The second kappa shape index (κ2) is 8.73. The number of carbonyl (C=O) groups is 1. The van der Waals surface area contributed by atoms with Crippen LogP contribution in [0, 0.1) is 0 Å². The third-order valence-corrected chi connectivity index (χ3v) is 1.45. The Morgan fingerprint density at radius 2 is 1.65 bits per heavy atom.